The van der Waals surface area contributed by atoms with E-state index in [-0.39, 0.29) is 30.1 Å². The van der Waals surface area contributed by atoms with Gasteiger partial charge in [-0.1, -0.05) is 53.2 Å². The maximum Gasteiger partial charge on any atom is 0.315 e. The van der Waals surface area contributed by atoms with Crippen molar-refractivity contribution in [3.8, 4) is 0 Å². The molecule has 16 N–H and O–H groups in total. The molecule has 4 aliphatic heterocycles. The van der Waals surface area contributed by atoms with Crippen LogP contribution in [0.2, 0.25) is 0 Å². The summed E-state index contributed by atoms with van der Waals surface area (Å²) in [5.74, 6) is -2.04. The van der Waals surface area contributed by atoms with Gasteiger partial charge in [0.15, 0.2) is 18.9 Å². The standard InChI is InChI=1S/C53H86O25/c1-48(2)9-11-53(47(70)78-45-39(69)35(65)32(62)27(17-55)74-45)12-10-51(5)21(22(53)13-48)7-8-29-49(3)14-24(58)42(50(4,20-56)41(49)23(57)15-52(29,51)6)77-46-40(76-44-37(67)30(60)25(59)18-71-44)36(66)33(63)28(75-46)19-72-43-38(68)34(64)31(61)26(16-54)73-43/h7,22-46,54-69H,8-20H2,1-6H3. The van der Waals surface area contributed by atoms with Gasteiger partial charge in [-0.05, 0) is 84.9 Å². The molecule has 9 aliphatic rings. The lowest BCUT2D eigenvalue weighted by Crippen LogP contribution is -2.72. The van der Waals surface area contributed by atoms with E-state index in [0.717, 1.165) is 5.57 Å². The zero-order valence-electron chi connectivity index (χ0n) is 45.0. The topological polar surface area (TPSA) is 415 Å². The maximum atomic E-state index is 14.8. The summed E-state index contributed by atoms with van der Waals surface area (Å²) in [4.78, 5) is 14.8. The summed E-state index contributed by atoms with van der Waals surface area (Å²) in [7, 11) is 0. The molecule has 0 amide bonds. The Bertz CT molecular complexity index is 2150. The number of allylic oxidation sites excluding steroid dienone is 2. The van der Waals surface area contributed by atoms with Gasteiger partial charge in [-0.2, -0.15) is 0 Å². The fraction of sp³-hybridized carbons (Fsp3) is 0.943. The van der Waals surface area contributed by atoms with Gasteiger partial charge >= 0.3 is 5.97 Å². The third-order valence-corrected chi connectivity index (χ3v) is 21.0. The number of fused-ring (bicyclic) bond motifs is 7. The van der Waals surface area contributed by atoms with Crippen molar-refractivity contribution in [1.29, 1.82) is 0 Å². The van der Waals surface area contributed by atoms with Crippen molar-refractivity contribution < 1.29 is 124 Å². The first-order valence-electron chi connectivity index (χ1n) is 27.6. The highest BCUT2D eigenvalue weighted by Gasteiger charge is 2.73. The fourth-order valence-electron chi connectivity index (χ4n) is 16.4. The molecule has 0 radical (unpaired) electrons. The number of carbonyl (C=O) groups is 1. The molecule has 5 aliphatic carbocycles. The third-order valence-electron chi connectivity index (χ3n) is 21.0. The van der Waals surface area contributed by atoms with Gasteiger partial charge in [-0.15, -0.1) is 0 Å². The molecule has 25 nitrogen and oxygen atoms in total. The van der Waals surface area contributed by atoms with Gasteiger partial charge in [0.05, 0.1) is 56.8 Å². The number of aliphatic hydroxyl groups is 16. The first-order valence-corrected chi connectivity index (χ1v) is 27.6. The Hall–Kier alpha value is -1.71. The average molecular weight is 1120 g/mol. The summed E-state index contributed by atoms with van der Waals surface area (Å²) in [6, 6.07) is 0. The predicted octanol–water partition coefficient (Wildman–Crippen LogP) is -4.48. The summed E-state index contributed by atoms with van der Waals surface area (Å²) < 4.78 is 47.2. The van der Waals surface area contributed by atoms with Gasteiger partial charge in [0, 0.05) is 11.3 Å². The summed E-state index contributed by atoms with van der Waals surface area (Å²) >= 11 is 0. The van der Waals surface area contributed by atoms with Crippen molar-refractivity contribution in [1.82, 2.24) is 0 Å². The van der Waals surface area contributed by atoms with Crippen LogP contribution in [0.1, 0.15) is 92.9 Å². The number of hydrogen-bond donors (Lipinski definition) is 16. The molecular formula is C53H86O25. The molecule has 0 aromatic heterocycles. The summed E-state index contributed by atoms with van der Waals surface area (Å²) in [5.41, 5.74) is -4.06. The van der Waals surface area contributed by atoms with Gasteiger partial charge in [-0.25, -0.2) is 0 Å². The number of hydrogen-bond acceptors (Lipinski definition) is 25. The molecule has 4 saturated heterocycles. The van der Waals surface area contributed by atoms with E-state index >= 15 is 0 Å². The van der Waals surface area contributed by atoms with E-state index < -0.39 is 207 Å². The van der Waals surface area contributed by atoms with E-state index in [2.05, 4.69) is 33.8 Å². The minimum atomic E-state index is -1.98. The van der Waals surface area contributed by atoms with Gasteiger partial charge in [-0.3, -0.25) is 4.79 Å². The third kappa shape index (κ3) is 9.75. The highest BCUT2D eigenvalue weighted by molar-refractivity contribution is 5.79. The van der Waals surface area contributed by atoms with Gasteiger partial charge < -0.3 is 120 Å². The molecule has 9 rings (SSSR count). The fourth-order valence-corrected chi connectivity index (χ4v) is 16.4. The minimum absolute atomic E-state index is 0.00190. The molecule has 448 valence electrons. The zero-order valence-corrected chi connectivity index (χ0v) is 45.0. The van der Waals surface area contributed by atoms with Crippen LogP contribution < -0.4 is 0 Å². The monoisotopic (exact) mass is 1120 g/mol. The van der Waals surface area contributed by atoms with Crippen molar-refractivity contribution in [2.75, 3.05) is 33.0 Å². The van der Waals surface area contributed by atoms with Crippen molar-refractivity contribution in [2.24, 2.45) is 50.2 Å². The van der Waals surface area contributed by atoms with Gasteiger partial charge in [0.25, 0.3) is 0 Å². The molecule has 0 aromatic carbocycles. The second-order valence-corrected chi connectivity index (χ2v) is 26.0. The van der Waals surface area contributed by atoms with E-state index in [0.29, 0.717) is 38.5 Å². The lowest BCUT2D eigenvalue weighted by atomic mass is 9.33. The van der Waals surface area contributed by atoms with Crippen LogP contribution >= 0.6 is 0 Å². The highest BCUT2D eigenvalue weighted by atomic mass is 16.8. The smallest absolute Gasteiger partial charge is 0.315 e. The molecular weight excluding hydrogens is 1040 g/mol. The van der Waals surface area contributed by atoms with Crippen molar-refractivity contribution in [2.45, 2.75) is 228 Å². The van der Waals surface area contributed by atoms with Crippen LogP contribution in [0.5, 0.6) is 0 Å². The molecule has 78 heavy (non-hydrogen) atoms. The number of esters is 1. The Morgan fingerprint density at radius 1 is 0.590 bits per heavy atom. The van der Waals surface area contributed by atoms with Gasteiger partial charge in [0.2, 0.25) is 6.29 Å². The second-order valence-electron chi connectivity index (χ2n) is 26.0. The summed E-state index contributed by atoms with van der Waals surface area (Å²) in [5, 5.41) is 175. The van der Waals surface area contributed by atoms with Gasteiger partial charge in [0.1, 0.15) is 91.6 Å². The molecule has 8 fully saturated rings. The van der Waals surface area contributed by atoms with Crippen LogP contribution in [0.25, 0.3) is 0 Å². The molecule has 4 saturated carbocycles. The van der Waals surface area contributed by atoms with Crippen molar-refractivity contribution in [3.63, 3.8) is 0 Å². The van der Waals surface area contributed by atoms with E-state index in [1.165, 1.54) is 0 Å². The SMILES string of the molecule is CC1(C)CCC2(C(=O)OC3OC(CO)C(O)C(O)C3O)CCC3(C)C(=CCC4C5(C)CC(O)C(OC6OC(COC7OC(CO)C(O)C(O)C7O)C(O)C(O)C6OC6OCC(O)C(O)C6O)C(C)(CO)C5C(O)CC43C)C2C1. The summed E-state index contributed by atoms with van der Waals surface area (Å²) in [6.45, 7) is 8.91. The Kier molecular flexibility index (Phi) is 17.2. The molecule has 25 heteroatoms. The number of aliphatic hydroxyl groups excluding tert-OH is 16. The number of rotatable bonds is 12. The number of ether oxygens (including phenoxy) is 8. The first kappa shape index (κ1) is 60.9. The number of carbonyl (C=O) groups excluding carboxylic acids is 1. The van der Waals surface area contributed by atoms with Crippen LogP contribution in [-0.2, 0) is 42.7 Å². The molecule has 0 aromatic rings. The largest absolute Gasteiger partial charge is 0.432 e. The lowest BCUT2D eigenvalue weighted by molar-refractivity contribution is -0.384. The molecule has 4 heterocycles. The van der Waals surface area contributed by atoms with E-state index in [1.807, 2.05) is 6.92 Å². The Balaban J connectivity index is 1.01. The van der Waals surface area contributed by atoms with Crippen LogP contribution in [0, 0.1) is 50.2 Å². The lowest BCUT2D eigenvalue weighted by Gasteiger charge is -2.72. The van der Waals surface area contributed by atoms with E-state index in [9.17, 15) is 86.5 Å². The van der Waals surface area contributed by atoms with Crippen LogP contribution in [-0.4, -0.2) is 256 Å². The Labute approximate surface area is 452 Å². The first-order chi connectivity index (χ1) is 36.5. The van der Waals surface area contributed by atoms with E-state index in [4.69, 9.17) is 37.9 Å². The zero-order chi connectivity index (χ0) is 57.1. The van der Waals surface area contributed by atoms with Crippen LogP contribution in [0.15, 0.2) is 11.6 Å². The molecule has 0 spiro atoms. The van der Waals surface area contributed by atoms with Crippen LogP contribution in [0.3, 0.4) is 0 Å². The maximum absolute atomic E-state index is 14.8. The van der Waals surface area contributed by atoms with Crippen molar-refractivity contribution >= 4 is 5.97 Å². The van der Waals surface area contributed by atoms with E-state index in [1.54, 1.807) is 6.92 Å². The normalized spacial score (nSPS) is 55.1. The molecule has 30 unspecified atom stereocenters. The Morgan fingerprint density at radius 2 is 1.17 bits per heavy atom. The molecule has 30 atom stereocenters. The minimum Gasteiger partial charge on any atom is -0.432 e. The summed E-state index contributed by atoms with van der Waals surface area (Å²) in [6.07, 6.45) is -31.1. The quantitative estimate of drug-likeness (QED) is 0.0498. The molecule has 0 bridgehead atoms. The van der Waals surface area contributed by atoms with Crippen LogP contribution in [0.4, 0.5) is 0 Å². The predicted molar refractivity (Wildman–Crippen MR) is 261 cm³/mol. The average Bonchev–Trinajstić information content (AvgIpc) is 1.91. The van der Waals surface area contributed by atoms with Crippen molar-refractivity contribution in [3.05, 3.63) is 11.6 Å². The second kappa shape index (κ2) is 22.0. The highest BCUT2D eigenvalue weighted by Crippen LogP contribution is 2.76. The Morgan fingerprint density at radius 3 is 1.79 bits per heavy atom.